The smallest absolute Gasteiger partial charge is 0.230 e. The summed E-state index contributed by atoms with van der Waals surface area (Å²) in [7, 11) is 0. The first-order valence-electron chi connectivity index (χ1n) is 9.98. The first-order valence-corrected chi connectivity index (χ1v) is 11.2. The molecule has 0 aliphatic rings. The maximum absolute atomic E-state index is 13.1. The van der Waals surface area contributed by atoms with Crippen LogP contribution in [-0.4, -0.2) is 22.4 Å². The molecule has 2 heterocycles. The number of carbonyl (C=O) groups excluding carboxylic acids is 1. The van der Waals surface area contributed by atoms with Gasteiger partial charge in [0.2, 0.25) is 5.91 Å². The largest absolute Gasteiger partial charge is 0.355 e. The molecular formula is C23H26ClN3OS. The van der Waals surface area contributed by atoms with E-state index < -0.39 is 5.41 Å². The van der Waals surface area contributed by atoms with Crippen LogP contribution in [0.2, 0.25) is 5.02 Å². The molecule has 3 aromatic rings. The van der Waals surface area contributed by atoms with Crippen molar-refractivity contribution in [1.29, 1.82) is 0 Å². The van der Waals surface area contributed by atoms with Crippen LogP contribution in [0.5, 0.6) is 0 Å². The zero-order valence-corrected chi connectivity index (χ0v) is 18.4. The number of hydrogen-bond donors (Lipinski definition) is 1. The van der Waals surface area contributed by atoms with Crippen LogP contribution in [0, 0.1) is 0 Å². The SMILES string of the molecule is CCC(CC)(C(=O)NCCCc1nc(-c2ccncc2)cs1)c1ccc(Cl)cc1. The number of benzene rings is 1. The molecule has 0 aliphatic heterocycles. The molecule has 0 aliphatic carbocycles. The molecule has 0 bridgehead atoms. The van der Waals surface area contributed by atoms with E-state index >= 15 is 0 Å². The molecule has 1 aromatic carbocycles. The highest BCUT2D eigenvalue weighted by Gasteiger charge is 2.36. The van der Waals surface area contributed by atoms with Gasteiger partial charge in [0.25, 0.3) is 0 Å². The monoisotopic (exact) mass is 427 g/mol. The van der Waals surface area contributed by atoms with Gasteiger partial charge in [0.1, 0.15) is 0 Å². The first kappa shape index (κ1) is 21.5. The van der Waals surface area contributed by atoms with E-state index in [0.717, 1.165) is 47.5 Å². The quantitative estimate of drug-likeness (QED) is 0.448. The highest BCUT2D eigenvalue weighted by Crippen LogP contribution is 2.33. The van der Waals surface area contributed by atoms with Crippen molar-refractivity contribution in [2.24, 2.45) is 0 Å². The Morgan fingerprint density at radius 3 is 2.45 bits per heavy atom. The zero-order chi connectivity index (χ0) is 20.7. The molecule has 6 heteroatoms. The van der Waals surface area contributed by atoms with E-state index in [1.54, 1.807) is 23.7 Å². The van der Waals surface area contributed by atoms with Gasteiger partial charge in [0.15, 0.2) is 0 Å². The van der Waals surface area contributed by atoms with Crippen LogP contribution in [-0.2, 0) is 16.6 Å². The van der Waals surface area contributed by atoms with Gasteiger partial charge in [-0.1, -0.05) is 37.6 Å². The molecule has 0 saturated carbocycles. The Kier molecular flexibility index (Phi) is 7.40. The number of hydrogen-bond acceptors (Lipinski definition) is 4. The Labute approximate surface area is 181 Å². The maximum atomic E-state index is 13.1. The summed E-state index contributed by atoms with van der Waals surface area (Å²) in [6.07, 6.45) is 6.76. The molecule has 0 spiro atoms. The fourth-order valence-corrected chi connectivity index (χ4v) is 4.55. The molecule has 152 valence electrons. The Morgan fingerprint density at radius 2 is 1.79 bits per heavy atom. The fraction of sp³-hybridized carbons (Fsp3) is 0.348. The number of aryl methyl sites for hydroxylation is 1. The lowest BCUT2D eigenvalue weighted by Crippen LogP contribution is -2.44. The Morgan fingerprint density at radius 1 is 1.10 bits per heavy atom. The molecule has 0 saturated heterocycles. The lowest BCUT2D eigenvalue weighted by molar-refractivity contribution is -0.127. The highest BCUT2D eigenvalue weighted by molar-refractivity contribution is 7.09. The van der Waals surface area contributed by atoms with Crippen molar-refractivity contribution >= 4 is 28.8 Å². The minimum atomic E-state index is -0.514. The van der Waals surface area contributed by atoms with Crippen LogP contribution >= 0.6 is 22.9 Å². The van der Waals surface area contributed by atoms with Crippen molar-refractivity contribution in [2.45, 2.75) is 44.9 Å². The molecule has 0 radical (unpaired) electrons. The van der Waals surface area contributed by atoms with E-state index in [1.165, 1.54) is 0 Å². The topological polar surface area (TPSA) is 54.9 Å². The molecule has 1 N–H and O–H groups in total. The number of rotatable bonds is 9. The minimum absolute atomic E-state index is 0.0847. The second-order valence-corrected chi connectivity index (χ2v) is 8.40. The van der Waals surface area contributed by atoms with Gasteiger partial charge in [0.05, 0.1) is 16.1 Å². The van der Waals surface area contributed by atoms with Crippen molar-refractivity contribution in [1.82, 2.24) is 15.3 Å². The van der Waals surface area contributed by atoms with Gasteiger partial charge in [-0.05, 0) is 49.1 Å². The molecule has 0 unspecified atom stereocenters. The molecule has 3 rings (SSSR count). The maximum Gasteiger partial charge on any atom is 0.230 e. The Balaban J connectivity index is 1.56. The van der Waals surface area contributed by atoms with E-state index in [-0.39, 0.29) is 5.91 Å². The van der Waals surface area contributed by atoms with Crippen LogP contribution in [0.1, 0.15) is 43.7 Å². The second kappa shape index (κ2) is 9.99. The standard InChI is InChI=1S/C23H26ClN3OS/c1-3-23(4-2,18-7-9-19(24)10-8-18)22(28)26-13-5-6-21-27-20(16-29-21)17-11-14-25-15-12-17/h7-12,14-16H,3-6,13H2,1-2H3,(H,26,28). The van der Waals surface area contributed by atoms with Crippen LogP contribution < -0.4 is 5.32 Å². The van der Waals surface area contributed by atoms with Gasteiger partial charge in [-0.15, -0.1) is 11.3 Å². The number of thiazole rings is 1. The van der Waals surface area contributed by atoms with Gasteiger partial charge in [-0.25, -0.2) is 4.98 Å². The number of carbonyl (C=O) groups is 1. The lowest BCUT2D eigenvalue weighted by atomic mass is 9.75. The van der Waals surface area contributed by atoms with Gasteiger partial charge >= 0.3 is 0 Å². The van der Waals surface area contributed by atoms with Crippen LogP contribution in [0.15, 0.2) is 54.2 Å². The second-order valence-electron chi connectivity index (χ2n) is 7.02. The summed E-state index contributed by atoms with van der Waals surface area (Å²) in [5.74, 6) is 0.0847. The van der Waals surface area contributed by atoms with Crippen LogP contribution in [0.25, 0.3) is 11.3 Å². The molecule has 1 amide bonds. The summed E-state index contributed by atoms with van der Waals surface area (Å²) in [6, 6.07) is 11.6. The first-order chi connectivity index (χ1) is 14.1. The van der Waals surface area contributed by atoms with Crippen molar-refractivity contribution in [3.8, 4) is 11.3 Å². The Bertz CT molecular complexity index is 921. The molecule has 2 aromatic heterocycles. The van der Waals surface area contributed by atoms with Crippen LogP contribution in [0.4, 0.5) is 0 Å². The summed E-state index contributed by atoms with van der Waals surface area (Å²) in [4.78, 5) is 21.8. The fourth-order valence-electron chi connectivity index (χ4n) is 3.57. The van der Waals surface area contributed by atoms with Crippen molar-refractivity contribution in [3.63, 3.8) is 0 Å². The molecular weight excluding hydrogens is 402 g/mol. The normalized spacial score (nSPS) is 11.4. The Hall–Kier alpha value is -2.24. The van der Waals surface area contributed by atoms with Crippen molar-refractivity contribution in [2.75, 3.05) is 6.54 Å². The summed E-state index contributed by atoms with van der Waals surface area (Å²) in [5, 5.41) is 6.99. The average Bonchev–Trinajstić information content (AvgIpc) is 3.23. The average molecular weight is 428 g/mol. The van der Waals surface area contributed by atoms with Gasteiger partial charge in [0, 0.05) is 41.3 Å². The number of nitrogens with zero attached hydrogens (tertiary/aromatic N) is 2. The van der Waals surface area contributed by atoms with Crippen molar-refractivity contribution < 1.29 is 4.79 Å². The van der Waals surface area contributed by atoms with E-state index in [2.05, 4.69) is 29.5 Å². The van der Waals surface area contributed by atoms with Crippen molar-refractivity contribution in [3.05, 3.63) is 69.8 Å². The predicted octanol–water partition coefficient (Wildman–Crippen LogP) is 5.67. The number of nitrogens with one attached hydrogen (secondary N) is 1. The van der Waals surface area contributed by atoms with E-state index in [9.17, 15) is 4.79 Å². The van der Waals surface area contributed by atoms with Gasteiger partial charge in [-0.3, -0.25) is 9.78 Å². The summed E-state index contributed by atoms with van der Waals surface area (Å²) < 4.78 is 0. The van der Waals surface area contributed by atoms with Gasteiger partial charge < -0.3 is 5.32 Å². The summed E-state index contributed by atoms with van der Waals surface area (Å²) >= 11 is 7.68. The number of amides is 1. The third-order valence-electron chi connectivity index (χ3n) is 5.42. The van der Waals surface area contributed by atoms with E-state index in [4.69, 9.17) is 16.6 Å². The van der Waals surface area contributed by atoms with E-state index in [0.29, 0.717) is 11.6 Å². The number of aromatic nitrogens is 2. The number of pyridine rings is 1. The van der Waals surface area contributed by atoms with Crippen LogP contribution in [0.3, 0.4) is 0 Å². The zero-order valence-electron chi connectivity index (χ0n) is 16.8. The highest BCUT2D eigenvalue weighted by atomic mass is 35.5. The molecule has 0 fully saturated rings. The molecule has 0 atom stereocenters. The molecule has 29 heavy (non-hydrogen) atoms. The van der Waals surface area contributed by atoms with Gasteiger partial charge in [-0.2, -0.15) is 0 Å². The minimum Gasteiger partial charge on any atom is -0.355 e. The third-order valence-corrected chi connectivity index (χ3v) is 6.58. The third kappa shape index (κ3) is 5.03. The summed E-state index contributed by atoms with van der Waals surface area (Å²) in [6.45, 7) is 4.76. The summed E-state index contributed by atoms with van der Waals surface area (Å²) in [5.41, 5.74) is 2.57. The lowest BCUT2D eigenvalue weighted by Gasteiger charge is -2.31. The van der Waals surface area contributed by atoms with E-state index in [1.807, 2.05) is 36.4 Å². The predicted molar refractivity (Wildman–Crippen MR) is 120 cm³/mol. The molecule has 4 nitrogen and oxygen atoms in total. The number of halogens is 1.